The molecule has 0 aliphatic rings. The number of halogens is 4. The normalized spacial score (nSPS) is 11.2. The fourth-order valence-corrected chi connectivity index (χ4v) is 2.16. The first-order valence-electron chi connectivity index (χ1n) is 7.97. The number of hydrogen-bond donors (Lipinski definition) is 1. The molecular weight excluding hydrogens is 366 g/mol. The molecule has 0 saturated heterocycles. The number of carbonyl (C=O) groups is 1. The Morgan fingerprint density at radius 1 is 0.889 bits per heavy atom. The zero-order valence-corrected chi connectivity index (χ0v) is 14.1. The van der Waals surface area contributed by atoms with E-state index in [2.05, 4.69) is 14.8 Å². The Kier molecular flexibility index (Phi) is 7.66. The summed E-state index contributed by atoms with van der Waals surface area (Å²) in [5.74, 6) is -0.206. The molecule has 144 valence electrons. The van der Waals surface area contributed by atoms with Crippen LogP contribution in [0.1, 0.15) is 11.1 Å². The second kappa shape index (κ2) is 10.2. The standard InChI is InChI=1S/C19H17F4NO3/c20-18(21)26-15-6-1-13(2-7-15)5-10-17(25)24-12-11-14-3-8-16(9-4-14)27-19(22)23/h1-10,18-19H,11-12H2,(H,24,25). The van der Waals surface area contributed by atoms with E-state index in [0.29, 0.717) is 18.5 Å². The van der Waals surface area contributed by atoms with Gasteiger partial charge in [0.1, 0.15) is 11.5 Å². The minimum Gasteiger partial charge on any atom is -0.435 e. The zero-order valence-electron chi connectivity index (χ0n) is 14.1. The van der Waals surface area contributed by atoms with Gasteiger partial charge in [0.25, 0.3) is 0 Å². The first-order chi connectivity index (χ1) is 12.9. The van der Waals surface area contributed by atoms with Gasteiger partial charge in [0, 0.05) is 12.6 Å². The third-order valence-corrected chi connectivity index (χ3v) is 3.39. The Labute approximate surface area is 153 Å². The van der Waals surface area contributed by atoms with Crippen LogP contribution in [-0.2, 0) is 11.2 Å². The van der Waals surface area contributed by atoms with Gasteiger partial charge in [0.2, 0.25) is 5.91 Å². The van der Waals surface area contributed by atoms with E-state index in [4.69, 9.17) is 0 Å². The van der Waals surface area contributed by atoms with Crippen LogP contribution in [0.15, 0.2) is 54.6 Å². The van der Waals surface area contributed by atoms with E-state index >= 15 is 0 Å². The van der Waals surface area contributed by atoms with E-state index in [1.165, 1.54) is 36.4 Å². The average Bonchev–Trinajstić information content (AvgIpc) is 2.62. The molecule has 27 heavy (non-hydrogen) atoms. The highest BCUT2D eigenvalue weighted by atomic mass is 19.3. The first-order valence-corrected chi connectivity index (χ1v) is 7.97. The molecule has 0 aliphatic heterocycles. The fraction of sp³-hybridized carbons (Fsp3) is 0.211. The molecule has 0 spiro atoms. The van der Waals surface area contributed by atoms with Gasteiger partial charge in [-0.15, -0.1) is 0 Å². The highest BCUT2D eigenvalue weighted by Crippen LogP contribution is 2.16. The van der Waals surface area contributed by atoms with Crippen molar-refractivity contribution in [2.24, 2.45) is 0 Å². The topological polar surface area (TPSA) is 47.6 Å². The summed E-state index contributed by atoms with van der Waals surface area (Å²) < 4.78 is 56.7. The smallest absolute Gasteiger partial charge is 0.387 e. The maximum Gasteiger partial charge on any atom is 0.387 e. The van der Waals surface area contributed by atoms with Crippen LogP contribution in [-0.4, -0.2) is 25.7 Å². The van der Waals surface area contributed by atoms with Crippen LogP contribution >= 0.6 is 0 Å². The van der Waals surface area contributed by atoms with Gasteiger partial charge in [-0.3, -0.25) is 4.79 Å². The minimum absolute atomic E-state index is 0.0385. The van der Waals surface area contributed by atoms with Gasteiger partial charge in [-0.25, -0.2) is 0 Å². The largest absolute Gasteiger partial charge is 0.435 e. The van der Waals surface area contributed by atoms with Crippen LogP contribution in [0.2, 0.25) is 0 Å². The molecular formula is C19H17F4NO3. The van der Waals surface area contributed by atoms with Crippen LogP contribution in [0.25, 0.3) is 6.08 Å². The van der Waals surface area contributed by atoms with Crippen LogP contribution < -0.4 is 14.8 Å². The summed E-state index contributed by atoms with van der Waals surface area (Å²) in [6.45, 7) is -5.39. The molecule has 0 unspecified atom stereocenters. The second-order valence-corrected chi connectivity index (χ2v) is 5.34. The number of ether oxygens (including phenoxy) is 2. The molecule has 2 aromatic carbocycles. The fourth-order valence-electron chi connectivity index (χ4n) is 2.16. The Morgan fingerprint density at radius 2 is 1.41 bits per heavy atom. The van der Waals surface area contributed by atoms with Crippen molar-refractivity contribution in [3.63, 3.8) is 0 Å². The van der Waals surface area contributed by atoms with Gasteiger partial charge in [-0.1, -0.05) is 24.3 Å². The Bertz CT molecular complexity index is 747. The Balaban J connectivity index is 1.74. The summed E-state index contributed by atoms with van der Waals surface area (Å²) >= 11 is 0. The lowest BCUT2D eigenvalue weighted by molar-refractivity contribution is -0.116. The van der Waals surface area contributed by atoms with Crippen LogP contribution in [0.3, 0.4) is 0 Å². The second-order valence-electron chi connectivity index (χ2n) is 5.34. The highest BCUT2D eigenvalue weighted by Gasteiger charge is 2.04. The van der Waals surface area contributed by atoms with Crippen molar-refractivity contribution in [3.05, 3.63) is 65.7 Å². The van der Waals surface area contributed by atoms with Gasteiger partial charge in [0.15, 0.2) is 0 Å². The number of alkyl halides is 4. The van der Waals surface area contributed by atoms with E-state index in [-0.39, 0.29) is 17.4 Å². The number of nitrogens with one attached hydrogen (secondary N) is 1. The lowest BCUT2D eigenvalue weighted by atomic mass is 10.1. The number of hydrogen-bond acceptors (Lipinski definition) is 3. The maximum absolute atomic E-state index is 12.1. The van der Waals surface area contributed by atoms with E-state index in [1.54, 1.807) is 24.3 Å². The quantitative estimate of drug-likeness (QED) is 0.520. The highest BCUT2D eigenvalue weighted by molar-refractivity contribution is 5.91. The van der Waals surface area contributed by atoms with E-state index < -0.39 is 13.2 Å². The van der Waals surface area contributed by atoms with Gasteiger partial charge in [0.05, 0.1) is 0 Å². The summed E-state index contributed by atoms with van der Waals surface area (Å²) in [7, 11) is 0. The average molecular weight is 383 g/mol. The monoisotopic (exact) mass is 383 g/mol. The molecule has 8 heteroatoms. The lowest BCUT2D eigenvalue weighted by Crippen LogP contribution is -2.23. The number of rotatable bonds is 9. The van der Waals surface area contributed by atoms with Crippen molar-refractivity contribution in [1.29, 1.82) is 0 Å². The molecule has 0 radical (unpaired) electrons. The van der Waals surface area contributed by atoms with E-state index in [9.17, 15) is 22.4 Å². The molecule has 0 atom stereocenters. The molecule has 0 bridgehead atoms. The van der Waals surface area contributed by atoms with E-state index in [0.717, 1.165) is 5.56 Å². The number of amides is 1. The summed E-state index contributed by atoms with van der Waals surface area (Å²) in [4.78, 5) is 11.8. The van der Waals surface area contributed by atoms with Crippen molar-refractivity contribution < 1.29 is 31.8 Å². The molecule has 2 aromatic rings. The van der Waals surface area contributed by atoms with Crippen molar-refractivity contribution >= 4 is 12.0 Å². The molecule has 0 aliphatic carbocycles. The predicted molar refractivity (Wildman–Crippen MR) is 91.9 cm³/mol. The Hall–Kier alpha value is -3.03. The molecule has 1 N–H and O–H groups in total. The minimum atomic E-state index is -2.88. The lowest BCUT2D eigenvalue weighted by Gasteiger charge is -2.06. The Morgan fingerprint density at radius 3 is 1.93 bits per heavy atom. The molecule has 0 fully saturated rings. The maximum atomic E-state index is 12.1. The summed E-state index contributed by atoms with van der Waals surface area (Å²) in [5, 5.41) is 2.68. The molecule has 0 heterocycles. The van der Waals surface area contributed by atoms with Gasteiger partial charge in [-0.2, -0.15) is 17.6 Å². The van der Waals surface area contributed by atoms with E-state index in [1.807, 2.05) is 0 Å². The van der Waals surface area contributed by atoms with Crippen molar-refractivity contribution in [2.75, 3.05) is 6.54 Å². The number of carbonyl (C=O) groups excluding carboxylic acids is 1. The molecule has 2 rings (SSSR count). The van der Waals surface area contributed by atoms with Crippen LogP contribution in [0.5, 0.6) is 11.5 Å². The number of benzene rings is 2. The van der Waals surface area contributed by atoms with Crippen molar-refractivity contribution in [2.45, 2.75) is 19.6 Å². The molecule has 4 nitrogen and oxygen atoms in total. The van der Waals surface area contributed by atoms with Crippen LogP contribution in [0.4, 0.5) is 17.6 Å². The summed E-state index contributed by atoms with van der Waals surface area (Å²) in [5.41, 5.74) is 1.51. The molecule has 0 aromatic heterocycles. The van der Waals surface area contributed by atoms with Crippen molar-refractivity contribution in [3.8, 4) is 11.5 Å². The third-order valence-electron chi connectivity index (χ3n) is 3.39. The van der Waals surface area contributed by atoms with Crippen LogP contribution in [0, 0.1) is 0 Å². The predicted octanol–water partition coefficient (Wildman–Crippen LogP) is 4.26. The zero-order chi connectivity index (χ0) is 19.6. The van der Waals surface area contributed by atoms with Gasteiger partial charge in [-0.05, 0) is 47.9 Å². The third kappa shape index (κ3) is 7.81. The summed E-state index contributed by atoms with van der Waals surface area (Å²) in [6, 6.07) is 12.0. The summed E-state index contributed by atoms with van der Waals surface area (Å²) in [6.07, 6.45) is 3.38. The van der Waals surface area contributed by atoms with Gasteiger partial charge >= 0.3 is 13.2 Å². The SMILES string of the molecule is O=C(C=Cc1ccc(OC(F)F)cc1)NCCc1ccc(OC(F)F)cc1. The molecule has 1 amide bonds. The first kappa shape index (κ1) is 20.3. The van der Waals surface area contributed by atoms with Gasteiger partial charge < -0.3 is 14.8 Å². The molecule has 0 saturated carbocycles. The van der Waals surface area contributed by atoms with Crippen molar-refractivity contribution in [1.82, 2.24) is 5.32 Å².